The molecule has 1 aromatic rings. The van der Waals surface area contributed by atoms with E-state index in [9.17, 15) is 4.79 Å². The van der Waals surface area contributed by atoms with Gasteiger partial charge < -0.3 is 10.1 Å². The Morgan fingerprint density at radius 2 is 2.06 bits per heavy atom. The highest BCUT2D eigenvalue weighted by atomic mass is 16.5. The molecule has 0 saturated heterocycles. The van der Waals surface area contributed by atoms with E-state index in [1.807, 2.05) is 18.2 Å². The third-order valence-electron chi connectivity index (χ3n) is 2.72. The molecule has 0 aliphatic carbocycles. The number of hydrogen-bond acceptors (Lipinski definition) is 3. The van der Waals surface area contributed by atoms with E-state index in [1.165, 1.54) is 12.7 Å². The molecule has 0 heterocycles. The lowest BCUT2D eigenvalue weighted by Gasteiger charge is -2.16. The average Bonchev–Trinajstić information content (AvgIpc) is 2.37. The number of nitrogens with one attached hydrogen (secondary N) is 1. The third kappa shape index (κ3) is 5.50. The van der Waals surface area contributed by atoms with Crippen LogP contribution >= 0.6 is 0 Å². The molecule has 3 heteroatoms. The summed E-state index contributed by atoms with van der Waals surface area (Å²) in [7, 11) is 1.43. The smallest absolute Gasteiger partial charge is 0.307 e. The molecule has 0 amide bonds. The van der Waals surface area contributed by atoms with E-state index in [0.29, 0.717) is 6.42 Å². The van der Waals surface area contributed by atoms with Crippen molar-refractivity contribution in [3.8, 4) is 0 Å². The zero-order valence-corrected chi connectivity index (χ0v) is 10.6. The fourth-order valence-electron chi connectivity index (χ4n) is 1.77. The van der Waals surface area contributed by atoms with E-state index in [0.717, 1.165) is 19.4 Å². The van der Waals surface area contributed by atoms with Gasteiger partial charge in [-0.2, -0.15) is 0 Å². The van der Waals surface area contributed by atoms with Crippen molar-refractivity contribution < 1.29 is 9.53 Å². The zero-order chi connectivity index (χ0) is 12.5. The molecule has 94 valence electrons. The predicted octanol–water partition coefficient (Wildman–Crippen LogP) is 2.51. The Bertz CT molecular complexity index is 324. The van der Waals surface area contributed by atoms with Gasteiger partial charge in [0.1, 0.15) is 0 Å². The Kier molecular flexibility index (Phi) is 6.33. The fourth-order valence-corrected chi connectivity index (χ4v) is 1.77. The molecule has 1 N–H and O–H groups in total. The molecular formula is C14H21NO2. The van der Waals surface area contributed by atoms with Gasteiger partial charge in [-0.1, -0.05) is 43.7 Å². The second kappa shape index (κ2) is 7.85. The Labute approximate surface area is 103 Å². The second-order valence-corrected chi connectivity index (χ2v) is 4.13. The fraction of sp³-hybridized carbons (Fsp3) is 0.500. The van der Waals surface area contributed by atoms with E-state index in [2.05, 4.69) is 24.4 Å². The molecule has 1 aromatic carbocycles. The van der Waals surface area contributed by atoms with Gasteiger partial charge in [0.25, 0.3) is 0 Å². The SMILES string of the molecule is CCCC(CC(=O)OC)NCc1ccccc1. The second-order valence-electron chi connectivity index (χ2n) is 4.13. The summed E-state index contributed by atoms with van der Waals surface area (Å²) in [6.07, 6.45) is 2.49. The Balaban J connectivity index is 2.41. The van der Waals surface area contributed by atoms with Crippen LogP contribution in [0.2, 0.25) is 0 Å². The summed E-state index contributed by atoms with van der Waals surface area (Å²) in [4.78, 5) is 11.2. The summed E-state index contributed by atoms with van der Waals surface area (Å²) in [5, 5.41) is 3.40. The van der Waals surface area contributed by atoms with Gasteiger partial charge in [0.15, 0.2) is 0 Å². The van der Waals surface area contributed by atoms with E-state index in [1.54, 1.807) is 0 Å². The summed E-state index contributed by atoms with van der Waals surface area (Å²) in [6.45, 7) is 2.91. The van der Waals surface area contributed by atoms with Crippen molar-refractivity contribution >= 4 is 5.97 Å². The molecule has 0 radical (unpaired) electrons. The molecule has 0 fully saturated rings. The zero-order valence-electron chi connectivity index (χ0n) is 10.6. The lowest BCUT2D eigenvalue weighted by atomic mass is 10.1. The number of carbonyl (C=O) groups is 1. The maximum atomic E-state index is 11.2. The minimum Gasteiger partial charge on any atom is -0.469 e. The number of rotatable bonds is 7. The number of carbonyl (C=O) groups excluding carboxylic acids is 1. The Hall–Kier alpha value is -1.35. The van der Waals surface area contributed by atoms with Crippen LogP contribution in [0.5, 0.6) is 0 Å². The van der Waals surface area contributed by atoms with E-state index < -0.39 is 0 Å². The topological polar surface area (TPSA) is 38.3 Å². The van der Waals surface area contributed by atoms with Crippen molar-refractivity contribution in [2.45, 2.75) is 38.8 Å². The van der Waals surface area contributed by atoms with E-state index in [-0.39, 0.29) is 12.0 Å². The number of esters is 1. The van der Waals surface area contributed by atoms with Crippen molar-refractivity contribution in [1.82, 2.24) is 5.32 Å². The van der Waals surface area contributed by atoms with Gasteiger partial charge >= 0.3 is 5.97 Å². The third-order valence-corrected chi connectivity index (χ3v) is 2.72. The van der Waals surface area contributed by atoms with Crippen molar-refractivity contribution in [3.63, 3.8) is 0 Å². The van der Waals surface area contributed by atoms with Crippen molar-refractivity contribution in [2.24, 2.45) is 0 Å². The summed E-state index contributed by atoms with van der Waals surface area (Å²) in [5.41, 5.74) is 1.23. The van der Waals surface area contributed by atoms with Gasteiger partial charge in [-0.05, 0) is 12.0 Å². The lowest BCUT2D eigenvalue weighted by molar-refractivity contribution is -0.141. The first-order valence-electron chi connectivity index (χ1n) is 6.10. The number of ether oxygens (including phenoxy) is 1. The van der Waals surface area contributed by atoms with Gasteiger partial charge in [-0.15, -0.1) is 0 Å². The molecule has 0 aliphatic heterocycles. The standard InChI is InChI=1S/C14H21NO2/c1-3-7-13(10-14(16)17-2)15-11-12-8-5-4-6-9-12/h4-6,8-9,13,15H,3,7,10-11H2,1-2H3. The quantitative estimate of drug-likeness (QED) is 0.738. The first-order chi connectivity index (χ1) is 8.26. The first kappa shape index (κ1) is 13.7. The first-order valence-corrected chi connectivity index (χ1v) is 6.10. The molecule has 17 heavy (non-hydrogen) atoms. The minimum absolute atomic E-state index is 0.149. The maximum absolute atomic E-state index is 11.2. The molecule has 1 unspecified atom stereocenters. The molecule has 0 bridgehead atoms. The predicted molar refractivity (Wildman–Crippen MR) is 68.6 cm³/mol. The molecule has 3 nitrogen and oxygen atoms in total. The van der Waals surface area contributed by atoms with Crippen molar-refractivity contribution in [3.05, 3.63) is 35.9 Å². The molecule has 0 aliphatic rings. The molecular weight excluding hydrogens is 214 g/mol. The van der Waals surface area contributed by atoms with Crippen molar-refractivity contribution in [1.29, 1.82) is 0 Å². The summed E-state index contributed by atoms with van der Waals surface area (Å²) < 4.78 is 4.70. The van der Waals surface area contributed by atoms with Crippen molar-refractivity contribution in [2.75, 3.05) is 7.11 Å². The van der Waals surface area contributed by atoms with E-state index in [4.69, 9.17) is 4.74 Å². The van der Waals surface area contributed by atoms with Gasteiger partial charge in [0, 0.05) is 12.6 Å². The van der Waals surface area contributed by atoms with Crippen LogP contribution in [0.4, 0.5) is 0 Å². The van der Waals surface area contributed by atoms with Crippen LogP contribution in [0, 0.1) is 0 Å². The van der Waals surface area contributed by atoms with E-state index >= 15 is 0 Å². The molecule has 0 aromatic heterocycles. The summed E-state index contributed by atoms with van der Waals surface area (Å²) in [5.74, 6) is -0.149. The monoisotopic (exact) mass is 235 g/mol. The van der Waals surface area contributed by atoms with Gasteiger partial charge in [0.05, 0.1) is 13.5 Å². The highest BCUT2D eigenvalue weighted by Crippen LogP contribution is 2.05. The van der Waals surface area contributed by atoms with Crippen LogP contribution in [0.1, 0.15) is 31.7 Å². The summed E-state index contributed by atoms with van der Waals surface area (Å²) in [6, 6.07) is 10.4. The highest BCUT2D eigenvalue weighted by Gasteiger charge is 2.12. The van der Waals surface area contributed by atoms with Gasteiger partial charge in [0.2, 0.25) is 0 Å². The molecule has 1 atom stereocenters. The average molecular weight is 235 g/mol. The summed E-state index contributed by atoms with van der Waals surface area (Å²) >= 11 is 0. The van der Waals surface area contributed by atoms with Gasteiger partial charge in [-0.3, -0.25) is 4.79 Å². The largest absolute Gasteiger partial charge is 0.469 e. The number of benzene rings is 1. The highest BCUT2D eigenvalue weighted by molar-refractivity contribution is 5.69. The van der Waals surface area contributed by atoms with Crippen LogP contribution in [0.3, 0.4) is 0 Å². The molecule has 0 spiro atoms. The van der Waals surface area contributed by atoms with Crippen LogP contribution in [-0.4, -0.2) is 19.1 Å². The molecule has 1 rings (SSSR count). The number of hydrogen-bond donors (Lipinski definition) is 1. The Morgan fingerprint density at radius 3 is 2.65 bits per heavy atom. The van der Waals surface area contributed by atoms with Crippen LogP contribution in [0.15, 0.2) is 30.3 Å². The maximum Gasteiger partial charge on any atom is 0.307 e. The van der Waals surface area contributed by atoms with Crippen LogP contribution in [-0.2, 0) is 16.1 Å². The minimum atomic E-state index is -0.149. The lowest BCUT2D eigenvalue weighted by Crippen LogP contribution is -2.31. The van der Waals surface area contributed by atoms with Gasteiger partial charge in [-0.25, -0.2) is 0 Å². The number of methoxy groups -OCH3 is 1. The van der Waals surface area contributed by atoms with Crippen LogP contribution in [0.25, 0.3) is 0 Å². The van der Waals surface area contributed by atoms with Crippen LogP contribution < -0.4 is 5.32 Å². The normalized spacial score (nSPS) is 12.1. The molecule has 0 saturated carbocycles. The Morgan fingerprint density at radius 1 is 1.35 bits per heavy atom.